The van der Waals surface area contributed by atoms with Crippen LogP contribution in [0.5, 0.6) is 5.75 Å². The standard InChI is InChI=1S/C15H18Br2N2O/c1-5-18-15-9(8(2)3)6-10-13(19-15)11(16)7-12(17)14(10)20-4/h6-8H,5H2,1-4H3,(H,18,19). The number of rotatable bonds is 4. The second-order valence-corrected chi connectivity index (χ2v) is 6.59. The summed E-state index contributed by atoms with van der Waals surface area (Å²) in [7, 11) is 1.68. The van der Waals surface area contributed by atoms with E-state index in [-0.39, 0.29) is 0 Å². The molecule has 5 heteroatoms. The highest BCUT2D eigenvalue weighted by Gasteiger charge is 2.16. The average Bonchev–Trinajstić information content (AvgIpc) is 2.39. The number of benzene rings is 1. The molecule has 2 aromatic rings. The van der Waals surface area contributed by atoms with Crippen LogP contribution in [0.25, 0.3) is 10.9 Å². The largest absolute Gasteiger partial charge is 0.495 e. The molecule has 0 unspecified atom stereocenters. The van der Waals surface area contributed by atoms with E-state index in [1.54, 1.807) is 7.11 Å². The quantitative estimate of drug-likeness (QED) is 0.752. The molecule has 0 atom stereocenters. The molecule has 0 saturated carbocycles. The van der Waals surface area contributed by atoms with Gasteiger partial charge in [-0.25, -0.2) is 4.98 Å². The summed E-state index contributed by atoms with van der Waals surface area (Å²) in [6.45, 7) is 7.27. The van der Waals surface area contributed by atoms with E-state index in [4.69, 9.17) is 9.72 Å². The van der Waals surface area contributed by atoms with Gasteiger partial charge in [-0.3, -0.25) is 0 Å². The Hall–Kier alpha value is -0.810. The van der Waals surface area contributed by atoms with Crippen LogP contribution in [-0.4, -0.2) is 18.6 Å². The van der Waals surface area contributed by atoms with E-state index in [9.17, 15) is 0 Å². The van der Waals surface area contributed by atoms with E-state index < -0.39 is 0 Å². The van der Waals surface area contributed by atoms with Gasteiger partial charge in [-0.05, 0) is 62.4 Å². The Bertz CT molecular complexity index is 642. The fraction of sp³-hybridized carbons (Fsp3) is 0.400. The molecule has 0 aliphatic heterocycles. The van der Waals surface area contributed by atoms with Crippen molar-refractivity contribution < 1.29 is 4.74 Å². The molecule has 1 aromatic heterocycles. The number of hydrogen-bond acceptors (Lipinski definition) is 3. The van der Waals surface area contributed by atoms with Crippen molar-refractivity contribution >= 4 is 48.6 Å². The molecule has 1 heterocycles. The van der Waals surface area contributed by atoms with E-state index in [1.165, 1.54) is 5.56 Å². The fourth-order valence-corrected chi connectivity index (χ4v) is 3.66. The van der Waals surface area contributed by atoms with Crippen LogP contribution in [0.3, 0.4) is 0 Å². The van der Waals surface area contributed by atoms with Gasteiger partial charge < -0.3 is 10.1 Å². The molecular weight excluding hydrogens is 384 g/mol. The van der Waals surface area contributed by atoms with Gasteiger partial charge >= 0.3 is 0 Å². The predicted octanol–water partition coefficient (Wildman–Crippen LogP) is 5.32. The summed E-state index contributed by atoms with van der Waals surface area (Å²) in [5.74, 6) is 2.16. The highest BCUT2D eigenvalue weighted by molar-refractivity contribution is 9.11. The number of hydrogen-bond donors (Lipinski definition) is 1. The maximum absolute atomic E-state index is 5.52. The van der Waals surface area contributed by atoms with E-state index >= 15 is 0 Å². The highest BCUT2D eigenvalue weighted by Crippen LogP contribution is 2.40. The van der Waals surface area contributed by atoms with Crippen molar-refractivity contribution in [3.63, 3.8) is 0 Å². The zero-order chi connectivity index (χ0) is 14.9. The maximum Gasteiger partial charge on any atom is 0.142 e. The van der Waals surface area contributed by atoms with Crippen LogP contribution >= 0.6 is 31.9 Å². The minimum absolute atomic E-state index is 0.392. The zero-order valence-electron chi connectivity index (χ0n) is 12.1. The lowest BCUT2D eigenvalue weighted by molar-refractivity contribution is 0.417. The Kier molecular flexibility index (Phi) is 4.91. The molecule has 108 valence electrons. The zero-order valence-corrected chi connectivity index (χ0v) is 15.2. The first kappa shape index (κ1) is 15.6. The number of methoxy groups -OCH3 is 1. The third kappa shape index (κ3) is 2.79. The van der Waals surface area contributed by atoms with Gasteiger partial charge in [0.1, 0.15) is 11.6 Å². The summed E-state index contributed by atoms with van der Waals surface area (Å²) < 4.78 is 7.40. The van der Waals surface area contributed by atoms with Gasteiger partial charge in [0.25, 0.3) is 0 Å². The monoisotopic (exact) mass is 400 g/mol. The van der Waals surface area contributed by atoms with Crippen molar-refractivity contribution in [2.45, 2.75) is 26.7 Å². The molecule has 20 heavy (non-hydrogen) atoms. The molecule has 0 spiro atoms. The number of nitrogens with zero attached hydrogens (tertiary/aromatic N) is 1. The molecule has 0 bridgehead atoms. The Morgan fingerprint density at radius 3 is 2.50 bits per heavy atom. The van der Waals surface area contributed by atoms with Crippen LogP contribution < -0.4 is 10.1 Å². The fourth-order valence-electron chi connectivity index (χ4n) is 2.21. The molecule has 0 saturated heterocycles. The van der Waals surface area contributed by atoms with E-state index in [1.807, 2.05) is 6.07 Å². The summed E-state index contributed by atoms with van der Waals surface area (Å²) in [6, 6.07) is 4.14. The lowest BCUT2D eigenvalue weighted by Crippen LogP contribution is -2.05. The van der Waals surface area contributed by atoms with E-state index in [0.717, 1.165) is 38.0 Å². The number of ether oxygens (including phenoxy) is 1. The summed E-state index contributed by atoms with van der Waals surface area (Å²) >= 11 is 7.12. The lowest BCUT2D eigenvalue weighted by atomic mass is 10.0. The van der Waals surface area contributed by atoms with Crippen LogP contribution in [0.2, 0.25) is 0 Å². The van der Waals surface area contributed by atoms with Gasteiger partial charge in [0.2, 0.25) is 0 Å². The van der Waals surface area contributed by atoms with Crippen LogP contribution in [-0.2, 0) is 0 Å². The smallest absolute Gasteiger partial charge is 0.142 e. The maximum atomic E-state index is 5.52. The number of pyridine rings is 1. The third-order valence-corrected chi connectivity index (χ3v) is 4.36. The van der Waals surface area contributed by atoms with Gasteiger partial charge in [0.05, 0.1) is 17.1 Å². The second-order valence-electron chi connectivity index (χ2n) is 4.88. The van der Waals surface area contributed by atoms with Crippen LogP contribution in [0.15, 0.2) is 21.1 Å². The lowest BCUT2D eigenvalue weighted by Gasteiger charge is -2.17. The normalized spacial score (nSPS) is 11.2. The Morgan fingerprint density at radius 2 is 1.95 bits per heavy atom. The summed E-state index contributed by atoms with van der Waals surface area (Å²) in [5, 5.41) is 4.36. The van der Waals surface area contributed by atoms with Crippen LogP contribution in [0.4, 0.5) is 5.82 Å². The molecule has 3 nitrogen and oxygen atoms in total. The van der Waals surface area contributed by atoms with Crippen molar-refractivity contribution in [1.82, 2.24) is 4.98 Å². The Labute approximate surface area is 136 Å². The topological polar surface area (TPSA) is 34.2 Å². The molecule has 1 aromatic carbocycles. The Morgan fingerprint density at radius 1 is 1.25 bits per heavy atom. The number of halogens is 2. The van der Waals surface area contributed by atoms with Gasteiger partial charge in [-0.2, -0.15) is 0 Å². The van der Waals surface area contributed by atoms with Crippen LogP contribution in [0.1, 0.15) is 32.3 Å². The third-order valence-electron chi connectivity index (χ3n) is 3.16. The van der Waals surface area contributed by atoms with Crippen molar-refractivity contribution in [3.05, 3.63) is 26.6 Å². The SMILES string of the molecule is CCNc1nc2c(Br)cc(Br)c(OC)c2cc1C(C)C. The first-order valence-electron chi connectivity index (χ1n) is 6.60. The van der Waals surface area contributed by atoms with E-state index in [2.05, 4.69) is 64.0 Å². The second kappa shape index (κ2) is 6.31. The Balaban J connectivity index is 2.82. The van der Waals surface area contributed by atoms with Crippen molar-refractivity contribution in [2.75, 3.05) is 19.0 Å². The first-order chi connectivity index (χ1) is 9.49. The minimum atomic E-state index is 0.392. The summed E-state index contributed by atoms with van der Waals surface area (Å²) in [4.78, 5) is 4.78. The molecule has 0 amide bonds. The molecule has 2 rings (SSSR count). The van der Waals surface area contributed by atoms with Crippen molar-refractivity contribution in [2.24, 2.45) is 0 Å². The van der Waals surface area contributed by atoms with Crippen LogP contribution in [0, 0.1) is 0 Å². The first-order valence-corrected chi connectivity index (χ1v) is 8.18. The van der Waals surface area contributed by atoms with Crippen molar-refractivity contribution in [1.29, 1.82) is 0 Å². The van der Waals surface area contributed by atoms with Crippen molar-refractivity contribution in [3.8, 4) is 5.75 Å². The number of aromatic nitrogens is 1. The summed E-state index contributed by atoms with van der Waals surface area (Å²) in [6.07, 6.45) is 0. The van der Waals surface area contributed by atoms with Gasteiger partial charge in [-0.15, -0.1) is 0 Å². The molecular formula is C15H18Br2N2O. The van der Waals surface area contributed by atoms with Gasteiger partial charge in [0, 0.05) is 16.4 Å². The minimum Gasteiger partial charge on any atom is -0.495 e. The molecule has 1 N–H and O–H groups in total. The number of nitrogens with one attached hydrogen (secondary N) is 1. The number of anilines is 1. The predicted molar refractivity (Wildman–Crippen MR) is 91.9 cm³/mol. The summed E-state index contributed by atoms with van der Waals surface area (Å²) in [5.41, 5.74) is 2.10. The average molecular weight is 402 g/mol. The van der Waals surface area contributed by atoms with Gasteiger partial charge in [-0.1, -0.05) is 13.8 Å². The molecule has 0 aliphatic rings. The van der Waals surface area contributed by atoms with E-state index in [0.29, 0.717) is 5.92 Å². The highest BCUT2D eigenvalue weighted by atomic mass is 79.9. The van der Waals surface area contributed by atoms with Gasteiger partial charge in [0.15, 0.2) is 0 Å². The molecule has 0 radical (unpaired) electrons. The molecule has 0 fully saturated rings. The number of fused-ring (bicyclic) bond motifs is 1. The molecule has 0 aliphatic carbocycles.